The fraction of sp³-hybridized carbons (Fsp3) is 0. The Morgan fingerprint density at radius 1 is 0.889 bits per heavy atom. The summed E-state index contributed by atoms with van der Waals surface area (Å²) in [6.07, 6.45) is 0. The third-order valence-electron chi connectivity index (χ3n) is 3.24. The van der Waals surface area contributed by atoms with Crippen LogP contribution in [-0.4, -0.2) is 13.6 Å². The van der Waals surface area contributed by atoms with Gasteiger partial charge in [-0.25, -0.2) is 13.2 Å². The summed E-state index contributed by atoms with van der Waals surface area (Å²) < 4.78 is 99.2. The van der Waals surface area contributed by atoms with Crippen LogP contribution in [0, 0.1) is 29.1 Å². The maximum atomic E-state index is 13.6. The summed E-state index contributed by atoms with van der Waals surface area (Å²) in [7, 11) is -5.09. The number of nitrogens with zero attached hydrogens (tertiary/aromatic N) is 1. The van der Waals surface area contributed by atoms with E-state index in [0.717, 1.165) is 6.07 Å². The third-order valence-corrected chi connectivity index (χ3v) is 4.56. The maximum Gasteiger partial charge on any atom is 0.376 e. The Kier molecular flexibility index (Phi) is 4.82. The number of rotatable bonds is 4. The van der Waals surface area contributed by atoms with Crippen LogP contribution < -0.4 is 4.18 Å². The van der Waals surface area contributed by atoms with Crippen LogP contribution in [0.15, 0.2) is 39.9 Å². The molecule has 0 aliphatic carbocycles. The number of hydrogen-bond donors (Lipinski definition) is 0. The summed E-state index contributed by atoms with van der Waals surface area (Å²) in [5, 5.41) is 2.82. The van der Waals surface area contributed by atoms with Crippen molar-refractivity contribution in [3.63, 3.8) is 0 Å². The van der Waals surface area contributed by atoms with E-state index in [2.05, 4.69) is 13.9 Å². The largest absolute Gasteiger partial charge is 0.376 e. The van der Waals surface area contributed by atoms with E-state index in [0.29, 0.717) is 10.6 Å². The lowest BCUT2D eigenvalue weighted by Crippen LogP contribution is -2.14. The standard InChI is InChI=1S/C15H5ClF5NO4S/c16-7-3-1-6(2-4-7)8-5-9(25-22-8)27(23,24)26-15-13(20)11(18)10(17)12(19)14(15)21/h1-5H. The Morgan fingerprint density at radius 2 is 1.41 bits per heavy atom. The molecule has 1 heterocycles. The van der Waals surface area contributed by atoms with E-state index in [1.807, 2.05) is 0 Å². The Hall–Kier alpha value is -2.66. The minimum absolute atomic E-state index is 0.00810. The van der Waals surface area contributed by atoms with E-state index < -0.39 is 50.0 Å². The Labute approximate surface area is 153 Å². The first kappa shape index (κ1) is 19.1. The molecule has 0 amide bonds. The molecule has 12 heteroatoms. The average molecular weight is 426 g/mol. The van der Waals surface area contributed by atoms with Gasteiger partial charge in [0.25, 0.3) is 5.09 Å². The highest BCUT2D eigenvalue weighted by molar-refractivity contribution is 7.87. The van der Waals surface area contributed by atoms with Gasteiger partial charge in [0.1, 0.15) is 5.69 Å². The second-order valence-corrected chi connectivity index (χ2v) is 6.89. The van der Waals surface area contributed by atoms with Crippen molar-refractivity contribution in [2.24, 2.45) is 0 Å². The topological polar surface area (TPSA) is 69.4 Å². The Morgan fingerprint density at radius 3 is 1.96 bits per heavy atom. The summed E-state index contributed by atoms with van der Waals surface area (Å²) in [6, 6.07) is 6.74. The summed E-state index contributed by atoms with van der Waals surface area (Å²) in [5.74, 6) is -14.1. The molecule has 0 radical (unpaired) electrons. The highest BCUT2D eigenvalue weighted by atomic mass is 35.5. The molecule has 2 aromatic carbocycles. The van der Waals surface area contributed by atoms with Crippen LogP contribution in [0.3, 0.4) is 0 Å². The van der Waals surface area contributed by atoms with Gasteiger partial charge in [0.05, 0.1) is 0 Å². The predicted molar refractivity (Wildman–Crippen MR) is 81.0 cm³/mol. The molecule has 5 nitrogen and oxygen atoms in total. The van der Waals surface area contributed by atoms with Crippen LogP contribution in [0.5, 0.6) is 5.75 Å². The molecule has 1 aromatic heterocycles. The minimum atomic E-state index is -5.09. The fourth-order valence-electron chi connectivity index (χ4n) is 1.94. The van der Waals surface area contributed by atoms with Crippen LogP contribution in [0.2, 0.25) is 5.02 Å². The predicted octanol–water partition coefficient (Wildman–Crippen LogP) is 4.46. The van der Waals surface area contributed by atoms with Crippen molar-refractivity contribution in [1.82, 2.24) is 5.16 Å². The maximum absolute atomic E-state index is 13.6. The van der Waals surface area contributed by atoms with Crippen LogP contribution in [0.1, 0.15) is 0 Å². The summed E-state index contributed by atoms with van der Waals surface area (Å²) in [5.41, 5.74) is 0.368. The molecule has 0 fully saturated rings. The smallest absolute Gasteiger partial charge is 0.370 e. The number of aromatic nitrogens is 1. The fourth-order valence-corrected chi connectivity index (χ4v) is 2.90. The zero-order valence-corrected chi connectivity index (χ0v) is 14.2. The zero-order valence-electron chi connectivity index (χ0n) is 12.6. The second-order valence-electron chi connectivity index (χ2n) is 4.97. The molecule has 0 atom stereocenters. The Balaban J connectivity index is 1.99. The first-order valence-corrected chi connectivity index (χ1v) is 8.59. The highest BCUT2D eigenvalue weighted by Crippen LogP contribution is 2.32. The van der Waals surface area contributed by atoms with E-state index in [-0.39, 0.29) is 5.69 Å². The van der Waals surface area contributed by atoms with Crippen molar-refractivity contribution in [2.75, 3.05) is 0 Å². The lowest BCUT2D eigenvalue weighted by Gasteiger charge is -2.08. The van der Waals surface area contributed by atoms with Crippen LogP contribution in [0.25, 0.3) is 11.3 Å². The van der Waals surface area contributed by atoms with E-state index in [4.69, 9.17) is 11.6 Å². The molecule has 0 aliphatic rings. The molecule has 0 bridgehead atoms. The van der Waals surface area contributed by atoms with Gasteiger partial charge in [0.2, 0.25) is 34.8 Å². The summed E-state index contributed by atoms with van der Waals surface area (Å²) in [6.45, 7) is 0. The third kappa shape index (κ3) is 3.47. The molecule has 3 aromatic rings. The molecule has 0 N–H and O–H groups in total. The molecular weight excluding hydrogens is 421 g/mol. The lowest BCUT2D eigenvalue weighted by molar-refractivity contribution is 0.315. The van der Waals surface area contributed by atoms with Gasteiger partial charge in [0, 0.05) is 16.7 Å². The molecule has 0 unspecified atom stereocenters. The number of hydrogen-bond acceptors (Lipinski definition) is 5. The molecule has 0 saturated carbocycles. The van der Waals surface area contributed by atoms with Gasteiger partial charge in [0.15, 0.2) is 0 Å². The van der Waals surface area contributed by atoms with E-state index in [1.54, 1.807) is 0 Å². The van der Waals surface area contributed by atoms with Crippen molar-refractivity contribution < 1.29 is 39.1 Å². The minimum Gasteiger partial charge on any atom is -0.370 e. The van der Waals surface area contributed by atoms with Gasteiger partial charge >= 0.3 is 10.1 Å². The molecule has 0 spiro atoms. The summed E-state index contributed by atoms with van der Waals surface area (Å²) in [4.78, 5) is 0. The van der Waals surface area contributed by atoms with E-state index in [1.165, 1.54) is 24.3 Å². The van der Waals surface area contributed by atoms with Gasteiger partial charge < -0.3 is 8.71 Å². The summed E-state index contributed by atoms with van der Waals surface area (Å²) >= 11 is 5.71. The van der Waals surface area contributed by atoms with Crippen molar-refractivity contribution in [1.29, 1.82) is 0 Å². The molecule has 142 valence electrons. The van der Waals surface area contributed by atoms with Gasteiger partial charge in [-0.05, 0) is 12.1 Å². The quantitative estimate of drug-likeness (QED) is 0.267. The van der Waals surface area contributed by atoms with E-state index in [9.17, 15) is 30.4 Å². The van der Waals surface area contributed by atoms with Crippen molar-refractivity contribution in [2.45, 2.75) is 5.09 Å². The molecule has 0 saturated heterocycles. The second kappa shape index (κ2) is 6.82. The number of benzene rings is 2. The first-order valence-electron chi connectivity index (χ1n) is 6.80. The lowest BCUT2D eigenvalue weighted by atomic mass is 10.2. The molecule has 3 rings (SSSR count). The van der Waals surface area contributed by atoms with Crippen molar-refractivity contribution in [3.05, 3.63) is 64.4 Å². The molecular formula is C15H5ClF5NO4S. The van der Waals surface area contributed by atoms with Crippen LogP contribution in [-0.2, 0) is 10.1 Å². The van der Waals surface area contributed by atoms with Gasteiger partial charge in [-0.15, -0.1) is 0 Å². The van der Waals surface area contributed by atoms with Gasteiger partial charge in [-0.1, -0.05) is 28.9 Å². The van der Waals surface area contributed by atoms with Crippen molar-refractivity contribution >= 4 is 21.7 Å². The normalized spacial score (nSPS) is 11.6. The van der Waals surface area contributed by atoms with E-state index >= 15 is 0 Å². The Bertz CT molecular complexity index is 1100. The molecule has 27 heavy (non-hydrogen) atoms. The SMILES string of the molecule is O=S(=O)(Oc1c(F)c(F)c(F)c(F)c1F)c1cc(-c2ccc(Cl)cc2)no1. The first-order chi connectivity index (χ1) is 12.6. The average Bonchev–Trinajstić information content (AvgIpc) is 3.14. The molecule has 0 aliphatic heterocycles. The van der Waals surface area contributed by atoms with Gasteiger partial charge in [-0.3, -0.25) is 0 Å². The highest BCUT2D eigenvalue weighted by Gasteiger charge is 2.32. The van der Waals surface area contributed by atoms with Crippen LogP contribution in [0.4, 0.5) is 22.0 Å². The van der Waals surface area contributed by atoms with Crippen LogP contribution >= 0.6 is 11.6 Å². The van der Waals surface area contributed by atoms with Crippen molar-refractivity contribution in [3.8, 4) is 17.0 Å². The monoisotopic (exact) mass is 425 g/mol. The zero-order chi connectivity index (χ0) is 19.9. The number of halogens is 6. The van der Waals surface area contributed by atoms with Gasteiger partial charge in [-0.2, -0.15) is 17.2 Å².